The highest BCUT2D eigenvalue weighted by Crippen LogP contribution is 2.42. The van der Waals surface area contributed by atoms with Crippen LogP contribution in [0.15, 0.2) is 46.8 Å². The summed E-state index contributed by atoms with van der Waals surface area (Å²) in [6, 6.07) is 10.2. The van der Waals surface area contributed by atoms with Crippen molar-refractivity contribution < 1.29 is 32.6 Å². The summed E-state index contributed by atoms with van der Waals surface area (Å²) in [6.07, 6.45) is -1.85. The van der Waals surface area contributed by atoms with Gasteiger partial charge in [-0.25, -0.2) is 9.48 Å². The maximum absolute atomic E-state index is 13.1. The van der Waals surface area contributed by atoms with Gasteiger partial charge in [0.2, 0.25) is 0 Å². The van der Waals surface area contributed by atoms with Crippen molar-refractivity contribution in [2.75, 3.05) is 18.2 Å². The second-order valence-electron chi connectivity index (χ2n) is 6.25. The van der Waals surface area contributed by atoms with E-state index in [2.05, 4.69) is 19.9 Å². The van der Waals surface area contributed by atoms with Gasteiger partial charge in [-0.1, -0.05) is 23.1 Å². The van der Waals surface area contributed by atoms with Crippen LogP contribution in [0, 0.1) is 3.95 Å². The van der Waals surface area contributed by atoms with E-state index in [0.29, 0.717) is 9.64 Å². The lowest BCUT2D eigenvalue weighted by Gasteiger charge is -2.08. The summed E-state index contributed by atoms with van der Waals surface area (Å²) in [5.41, 5.74) is 1.10. The zero-order valence-corrected chi connectivity index (χ0v) is 18.6. The van der Waals surface area contributed by atoms with E-state index >= 15 is 0 Å². The van der Waals surface area contributed by atoms with Crippen molar-refractivity contribution in [1.82, 2.24) is 9.78 Å². The van der Waals surface area contributed by atoms with Crippen LogP contribution in [-0.4, -0.2) is 40.8 Å². The molecule has 0 unspecified atom stereocenters. The predicted octanol–water partition coefficient (Wildman–Crippen LogP) is 4.50. The van der Waals surface area contributed by atoms with Crippen LogP contribution >= 0.6 is 35.3 Å². The largest absolute Gasteiger partial charge is 0.586 e. The summed E-state index contributed by atoms with van der Waals surface area (Å²) in [4.78, 5) is 24.3. The quantitative estimate of drug-likeness (QED) is 0.302. The fraction of sp³-hybridized carbons (Fsp3) is 0.158. The molecule has 4 rings (SSSR count). The topological polar surface area (TPSA) is 91.7 Å². The molecule has 1 aromatic heterocycles. The predicted molar refractivity (Wildman–Crippen MR) is 116 cm³/mol. The Balaban J connectivity index is 1.33. The summed E-state index contributed by atoms with van der Waals surface area (Å²) in [5, 5.41) is 6.80. The number of fused-ring (bicyclic) bond motifs is 1. The number of thioether (sulfide) groups is 1. The first-order chi connectivity index (χ1) is 15.2. The molecule has 13 heteroatoms. The Morgan fingerprint density at radius 1 is 1.22 bits per heavy atom. The molecule has 1 aliphatic heterocycles. The molecule has 166 valence electrons. The third kappa shape index (κ3) is 4.89. The van der Waals surface area contributed by atoms with Crippen molar-refractivity contribution in [2.45, 2.75) is 10.6 Å². The molecule has 0 bridgehead atoms. The number of halogens is 2. The molecule has 1 N–H and O–H groups in total. The molecule has 0 aliphatic carbocycles. The number of aromatic nitrogens is 2. The maximum Gasteiger partial charge on any atom is 0.586 e. The van der Waals surface area contributed by atoms with Gasteiger partial charge >= 0.3 is 12.3 Å². The van der Waals surface area contributed by atoms with Crippen LogP contribution in [0.25, 0.3) is 5.69 Å². The van der Waals surface area contributed by atoms with E-state index in [1.165, 1.54) is 53.4 Å². The van der Waals surface area contributed by atoms with Crippen molar-refractivity contribution in [1.29, 1.82) is 0 Å². The van der Waals surface area contributed by atoms with Gasteiger partial charge in [0.25, 0.3) is 5.91 Å². The molecule has 1 amide bonds. The lowest BCUT2D eigenvalue weighted by atomic mass is 10.2. The number of anilines is 1. The second kappa shape index (κ2) is 8.84. The lowest BCUT2D eigenvalue weighted by molar-refractivity contribution is -0.286. The Bertz CT molecular complexity index is 1240. The van der Waals surface area contributed by atoms with Gasteiger partial charge in [-0.3, -0.25) is 4.79 Å². The first-order valence-corrected chi connectivity index (χ1v) is 11.3. The van der Waals surface area contributed by atoms with E-state index in [1.807, 2.05) is 6.26 Å². The first kappa shape index (κ1) is 22.2. The minimum atomic E-state index is -3.75. The molecule has 2 heterocycles. The number of benzene rings is 2. The monoisotopic (exact) mass is 497 g/mol. The standard InChI is InChI=1S/C19H13F2N3O5S3/c1-31-17-23-24(18(30)32-17)12-5-2-10(3-6-12)16(26)27-9-15(25)22-11-4-7-13-14(8-11)29-19(20,21)28-13/h2-8H,9H2,1H3,(H,22,25). The molecule has 0 saturated carbocycles. The fourth-order valence-electron chi connectivity index (χ4n) is 2.68. The SMILES string of the molecule is CSc1nn(-c2ccc(C(=O)OCC(=O)Nc3ccc4c(c3)OC(F)(F)O4)cc2)c(=S)s1. The molecular formula is C19H13F2N3O5S3. The number of amides is 1. The number of hydrogen-bond acceptors (Lipinski definition) is 9. The molecule has 0 fully saturated rings. The average molecular weight is 498 g/mol. The van der Waals surface area contributed by atoms with Gasteiger partial charge in [0.15, 0.2) is 26.4 Å². The number of carbonyl (C=O) groups is 2. The van der Waals surface area contributed by atoms with Gasteiger partial charge in [0.1, 0.15) is 0 Å². The summed E-state index contributed by atoms with van der Waals surface area (Å²) in [6.45, 7) is -0.570. The Morgan fingerprint density at radius 2 is 1.94 bits per heavy atom. The number of rotatable bonds is 6. The van der Waals surface area contributed by atoms with E-state index in [4.69, 9.17) is 17.0 Å². The van der Waals surface area contributed by atoms with Crippen molar-refractivity contribution in [3.8, 4) is 17.2 Å². The van der Waals surface area contributed by atoms with Crippen LogP contribution < -0.4 is 14.8 Å². The molecule has 8 nitrogen and oxygen atoms in total. The van der Waals surface area contributed by atoms with Gasteiger partial charge < -0.3 is 19.5 Å². The van der Waals surface area contributed by atoms with Crippen molar-refractivity contribution in [2.24, 2.45) is 0 Å². The average Bonchev–Trinajstić information content (AvgIpc) is 3.29. The second-order valence-corrected chi connectivity index (χ2v) is 8.93. The number of carbonyl (C=O) groups excluding carboxylic acids is 2. The van der Waals surface area contributed by atoms with E-state index in [9.17, 15) is 18.4 Å². The molecule has 0 radical (unpaired) electrons. The maximum atomic E-state index is 13.1. The zero-order valence-electron chi connectivity index (χ0n) is 16.2. The summed E-state index contributed by atoms with van der Waals surface area (Å²) in [5.74, 6) is -1.72. The van der Waals surface area contributed by atoms with Crippen LogP contribution in [0.4, 0.5) is 14.5 Å². The molecule has 0 saturated heterocycles. The van der Waals surface area contributed by atoms with Crippen LogP contribution in [-0.2, 0) is 9.53 Å². The van der Waals surface area contributed by atoms with Crippen LogP contribution in [0.2, 0.25) is 0 Å². The van der Waals surface area contributed by atoms with Gasteiger partial charge in [-0.2, -0.15) is 0 Å². The number of esters is 1. The Hall–Kier alpha value is -3.03. The van der Waals surface area contributed by atoms with Crippen molar-refractivity contribution in [3.63, 3.8) is 0 Å². The number of nitrogens with one attached hydrogen (secondary N) is 1. The number of nitrogens with zero attached hydrogens (tertiary/aromatic N) is 2. The molecule has 2 aromatic carbocycles. The Labute approximate surface area is 193 Å². The lowest BCUT2D eigenvalue weighted by Crippen LogP contribution is -2.25. The van der Waals surface area contributed by atoms with E-state index in [0.717, 1.165) is 4.34 Å². The molecule has 32 heavy (non-hydrogen) atoms. The summed E-state index contributed by atoms with van der Waals surface area (Å²) in [7, 11) is 0. The third-order valence-electron chi connectivity index (χ3n) is 4.07. The normalized spacial score (nSPS) is 13.6. The molecule has 0 spiro atoms. The minimum absolute atomic E-state index is 0.147. The molecular weight excluding hydrogens is 484 g/mol. The molecule has 0 atom stereocenters. The summed E-state index contributed by atoms with van der Waals surface area (Å²) >= 11 is 8.15. The summed E-state index contributed by atoms with van der Waals surface area (Å²) < 4.78 is 42.7. The highest BCUT2D eigenvalue weighted by atomic mass is 32.2. The van der Waals surface area contributed by atoms with Crippen molar-refractivity contribution >= 4 is 52.9 Å². The number of ether oxygens (including phenoxy) is 3. The Morgan fingerprint density at radius 3 is 2.62 bits per heavy atom. The van der Waals surface area contributed by atoms with E-state index < -0.39 is 24.8 Å². The van der Waals surface area contributed by atoms with Gasteiger partial charge in [-0.15, -0.1) is 13.9 Å². The van der Waals surface area contributed by atoms with Gasteiger partial charge in [-0.05, 0) is 54.9 Å². The van der Waals surface area contributed by atoms with Crippen LogP contribution in [0.3, 0.4) is 0 Å². The van der Waals surface area contributed by atoms with E-state index in [-0.39, 0.29) is 22.7 Å². The highest BCUT2D eigenvalue weighted by Gasteiger charge is 2.43. The number of hydrogen-bond donors (Lipinski definition) is 1. The van der Waals surface area contributed by atoms with Gasteiger partial charge in [0, 0.05) is 11.8 Å². The van der Waals surface area contributed by atoms with E-state index in [1.54, 1.807) is 16.8 Å². The highest BCUT2D eigenvalue weighted by molar-refractivity contribution is 8.00. The van der Waals surface area contributed by atoms with Crippen LogP contribution in [0.1, 0.15) is 10.4 Å². The van der Waals surface area contributed by atoms with Crippen LogP contribution in [0.5, 0.6) is 11.5 Å². The van der Waals surface area contributed by atoms with Crippen molar-refractivity contribution in [3.05, 3.63) is 52.0 Å². The smallest absolute Gasteiger partial charge is 0.452 e. The zero-order chi connectivity index (χ0) is 22.9. The third-order valence-corrected chi connectivity index (χ3v) is 6.28. The molecule has 3 aromatic rings. The first-order valence-electron chi connectivity index (χ1n) is 8.85. The fourth-order valence-corrected chi connectivity index (χ4v) is 4.46. The molecule has 1 aliphatic rings. The number of alkyl halides is 2. The minimum Gasteiger partial charge on any atom is -0.452 e. The van der Waals surface area contributed by atoms with Gasteiger partial charge in [0.05, 0.1) is 11.3 Å². The Kier molecular flexibility index (Phi) is 6.13.